The molecule has 1 saturated carbocycles. The molecule has 1 aliphatic carbocycles. The van der Waals surface area contributed by atoms with Crippen molar-refractivity contribution in [2.75, 3.05) is 5.33 Å². The smallest absolute Gasteiger partial charge is 0.314 e. The minimum absolute atomic E-state index is 0.598. The zero-order valence-corrected chi connectivity index (χ0v) is 11.1. The van der Waals surface area contributed by atoms with Crippen molar-refractivity contribution in [3.8, 4) is 0 Å². The average Bonchev–Trinajstić information content (AvgIpc) is 3.11. The van der Waals surface area contributed by atoms with Crippen molar-refractivity contribution >= 4 is 28.0 Å². The predicted molar refractivity (Wildman–Crippen MR) is 72.4 cm³/mol. The van der Waals surface area contributed by atoms with Gasteiger partial charge in [-0.25, -0.2) is 0 Å². The SMILES string of the molecule is O=C(O)C1(c2cccc(C=CCCBr)c2)CC1. The molecule has 2 rings (SSSR count). The predicted octanol–water partition coefficient (Wildman–Crippen LogP) is 3.60. The third-order valence-electron chi connectivity index (χ3n) is 3.18. The van der Waals surface area contributed by atoms with Crippen LogP contribution in [0.15, 0.2) is 30.3 Å². The van der Waals surface area contributed by atoms with Gasteiger partial charge in [-0.3, -0.25) is 4.79 Å². The molecule has 0 spiro atoms. The number of hydrogen-bond donors (Lipinski definition) is 1. The van der Waals surface area contributed by atoms with Gasteiger partial charge in [0.05, 0.1) is 5.41 Å². The fraction of sp³-hybridized carbons (Fsp3) is 0.357. The van der Waals surface area contributed by atoms with Gasteiger partial charge in [-0.1, -0.05) is 52.3 Å². The van der Waals surface area contributed by atoms with Crippen LogP contribution in [0.25, 0.3) is 6.08 Å². The second-order valence-electron chi connectivity index (χ2n) is 4.39. The first-order valence-corrected chi connectivity index (χ1v) is 6.88. The summed E-state index contributed by atoms with van der Waals surface area (Å²) in [6.07, 6.45) is 6.64. The highest BCUT2D eigenvalue weighted by Crippen LogP contribution is 2.48. The lowest BCUT2D eigenvalue weighted by atomic mass is 9.94. The van der Waals surface area contributed by atoms with Crippen molar-refractivity contribution in [1.82, 2.24) is 0 Å². The summed E-state index contributed by atoms with van der Waals surface area (Å²) in [5, 5.41) is 10.2. The van der Waals surface area contributed by atoms with E-state index in [1.165, 1.54) is 0 Å². The molecule has 0 heterocycles. The number of alkyl halides is 1. The van der Waals surface area contributed by atoms with E-state index in [0.29, 0.717) is 0 Å². The molecule has 1 aromatic carbocycles. The molecule has 0 aliphatic heterocycles. The molecule has 0 atom stereocenters. The van der Waals surface area contributed by atoms with E-state index in [1.54, 1.807) is 0 Å². The zero-order valence-electron chi connectivity index (χ0n) is 9.53. The summed E-state index contributed by atoms with van der Waals surface area (Å²) in [4.78, 5) is 11.2. The summed E-state index contributed by atoms with van der Waals surface area (Å²) < 4.78 is 0. The lowest BCUT2D eigenvalue weighted by Crippen LogP contribution is -2.19. The molecule has 1 N–H and O–H groups in total. The van der Waals surface area contributed by atoms with Crippen LogP contribution in [0.4, 0.5) is 0 Å². The molecular formula is C14H15BrO2. The van der Waals surface area contributed by atoms with Crippen LogP contribution >= 0.6 is 15.9 Å². The summed E-state index contributed by atoms with van der Waals surface area (Å²) in [6.45, 7) is 0. The molecule has 0 unspecified atom stereocenters. The lowest BCUT2D eigenvalue weighted by molar-refractivity contribution is -0.140. The number of allylic oxidation sites excluding steroid dienone is 1. The Bertz CT molecular complexity index is 447. The van der Waals surface area contributed by atoms with Gasteiger partial charge in [0.1, 0.15) is 0 Å². The zero-order chi connectivity index (χ0) is 12.3. The van der Waals surface area contributed by atoms with Crippen LogP contribution < -0.4 is 0 Å². The Labute approximate surface area is 109 Å². The van der Waals surface area contributed by atoms with Gasteiger partial charge in [0.25, 0.3) is 0 Å². The van der Waals surface area contributed by atoms with Crippen LogP contribution in [-0.4, -0.2) is 16.4 Å². The van der Waals surface area contributed by atoms with Gasteiger partial charge < -0.3 is 5.11 Å². The molecule has 1 fully saturated rings. The normalized spacial score (nSPS) is 17.2. The van der Waals surface area contributed by atoms with E-state index in [9.17, 15) is 9.90 Å². The van der Waals surface area contributed by atoms with Crippen molar-refractivity contribution < 1.29 is 9.90 Å². The van der Waals surface area contributed by atoms with Gasteiger partial charge in [-0.2, -0.15) is 0 Å². The minimum atomic E-state index is -0.695. The molecule has 17 heavy (non-hydrogen) atoms. The van der Waals surface area contributed by atoms with E-state index < -0.39 is 11.4 Å². The van der Waals surface area contributed by atoms with Crippen molar-refractivity contribution in [2.45, 2.75) is 24.7 Å². The van der Waals surface area contributed by atoms with Gasteiger partial charge in [0, 0.05) is 5.33 Å². The molecule has 1 aromatic rings. The number of halogens is 1. The number of carbonyl (C=O) groups is 1. The van der Waals surface area contributed by atoms with Gasteiger partial charge >= 0.3 is 5.97 Å². The van der Waals surface area contributed by atoms with Crippen LogP contribution in [0, 0.1) is 0 Å². The lowest BCUT2D eigenvalue weighted by Gasteiger charge is -2.10. The Morgan fingerprint density at radius 2 is 2.24 bits per heavy atom. The largest absolute Gasteiger partial charge is 0.481 e. The van der Waals surface area contributed by atoms with Crippen LogP contribution in [-0.2, 0) is 10.2 Å². The Morgan fingerprint density at radius 3 is 2.82 bits per heavy atom. The number of hydrogen-bond acceptors (Lipinski definition) is 1. The molecule has 2 nitrogen and oxygen atoms in total. The van der Waals surface area contributed by atoms with Crippen LogP contribution in [0.2, 0.25) is 0 Å². The standard InChI is InChI=1S/C14H15BrO2/c15-9-2-1-4-11-5-3-6-12(10-11)14(7-8-14)13(16)17/h1,3-6,10H,2,7-9H2,(H,16,17). The summed E-state index contributed by atoms with van der Waals surface area (Å²) >= 11 is 3.37. The molecule has 1 aliphatic rings. The van der Waals surface area contributed by atoms with E-state index in [-0.39, 0.29) is 0 Å². The van der Waals surface area contributed by atoms with Crippen molar-refractivity contribution in [1.29, 1.82) is 0 Å². The quantitative estimate of drug-likeness (QED) is 0.843. The maximum Gasteiger partial charge on any atom is 0.314 e. The van der Waals surface area contributed by atoms with Crippen LogP contribution in [0.5, 0.6) is 0 Å². The molecule has 90 valence electrons. The molecule has 0 bridgehead atoms. The topological polar surface area (TPSA) is 37.3 Å². The first-order chi connectivity index (χ1) is 8.19. The van der Waals surface area contributed by atoms with Crippen LogP contribution in [0.1, 0.15) is 30.4 Å². The number of carboxylic acid groups (broad SMARTS) is 1. The summed E-state index contributed by atoms with van der Waals surface area (Å²) in [5.74, 6) is -0.695. The number of benzene rings is 1. The molecule has 3 heteroatoms. The Balaban J connectivity index is 2.20. The number of carboxylic acids is 1. The van der Waals surface area contributed by atoms with Crippen molar-refractivity contribution in [3.05, 3.63) is 41.5 Å². The Kier molecular flexibility index (Phi) is 3.67. The molecular weight excluding hydrogens is 280 g/mol. The number of aliphatic carboxylic acids is 1. The van der Waals surface area contributed by atoms with E-state index in [4.69, 9.17) is 0 Å². The second-order valence-corrected chi connectivity index (χ2v) is 5.19. The minimum Gasteiger partial charge on any atom is -0.481 e. The Morgan fingerprint density at radius 1 is 1.47 bits per heavy atom. The molecule has 0 radical (unpaired) electrons. The summed E-state index contributed by atoms with van der Waals surface area (Å²) in [6, 6.07) is 7.85. The van der Waals surface area contributed by atoms with E-state index in [1.807, 2.05) is 30.3 Å². The maximum absolute atomic E-state index is 11.2. The van der Waals surface area contributed by atoms with E-state index in [0.717, 1.165) is 35.7 Å². The van der Waals surface area contributed by atoms with Crippen molar-refractivity contribution in [2.24, 2.45) is 0 Å². The first kappa shape index (κ1) is 12.4. The molecule has 0 amide bonds. The third-order valence-corrected chi connectivity index (χ3v) is 3.64. The summed E-state index contributed by atoms with van der Waals surface area (Å²) in [5.41, 5.74) is 1.42. The second kappa shape index (κ2) is 5.05. The molecule has 0 saturated heterocycles. The highest BCUT2D eigenvalue weighted by atomic mass is 79.9. The fourth-order valence-corrected chi connectivity index (χ4v) is 2.24. The van der Waals surface area contributed by atoms with Gasteiger partial charge in [0.15, 0.2) is 0 Å². The maximum atomic E-state index is 11.2. The average molecular weight is 295 g/mol. The Hall–Kier alpha value is -1.09. The highest BCUT2D eigenvalue weighted by molar-refractivity contribution is 9.09. The van der Waals surface area contributed by atoms with Gasteiger partial charge in [-0.05, 0) is 30.4 Å². The molecule has 0 aromatic heterocycles. The van der Waals surface area contributed by atoms with E-state index in [2.05, 4.69) is 22.0 Å². The summed E-state index contributed by atoms with van der Waals surface area (Å²) in [7, 11) is 0. The monoisotopic (exact) mass is 294 g/mol. The van der Waals surface area contributed by atoms with Gasteiger partial charge in [0.2, 0.25) is 0 Å². The first-order valence-electron chi connectivity index (χ1n) is 5.75. The highest BCUT2D eigenvalue weighted by Gasteiger charge is 2.51. The van der Waals surface area contributed by atoms with Gasteiger partial charge in [-0.15, -0.1) is 0 Å². The van der Waals surface area contributed by atoms with Crippen LogP contribution in [0.3, 0.4) is 0 Å². The number of rotatable bonds is 5. The third kappa shape index (κ3) is 2.60. The fourth-order valence-electron chi connectivity index (χ4n) is 1.97. The van der Waals surface area contributed by atoms with E-state index >= 15 is 0 Å². The van der Waals surface area contributed by atoms with Crippen molar-refractivity contribution in [3.63, 3.8) is 0 Å².